The fourth-order valence-electron chi connectivity index (χ4n) is 2.39. The topological polar surface area (TPSA) is 68.2 Å². The van der Waals surface area contributed by atoms with Crippen LogP contribution in [0.25, 0.3) is 11.5 Å². The van der Waals surface area contributed by atoms with Gasteiger partial charge in [0.05, 0.1) is 11.6 Å². The smallest absolute Gasteiger partial charge is 0.258 e. The van der Waals surface area contributed by atoms with Crippen molar-refractivity contribution in [2.75, 3.05) is 19.6 Å². The number of nitrogens with two attached hydrogens (primary N) is 1. The molecule has 0 saturated carbocycles. The van der Waals surface area contributed by atoms with Crippen LogP contribution in [0.15, 0.2) is 21.3 Å². The Bertz CT molecular complexity index is 504. The van der Waals surface area contributed by atoms with Gasteiger partial charge in [-0.25, -0.2) is 0 Å². The molecule has 1 saturated heterocycles. The van der Waals surface area contributed by atoms with E-state index in [0.717, 1.165) is 25.2 Å². The second-order valence-electron chi connectivity index (χ2n) is 4.94. The summed E-state index contributed by atoms with van der Waals surface area (Å²) in [5.74, 6) is 1.16. The number of aromatic nitrogens is 2. The highest BCUT2D eigenvalue weighted by Crippen LogP contribution is 2.21. The highest BCUT2D eigenvalue weighted by Gasteiger charge is 2.19. The minimum Gasteiger partial charge on any atom is -0.334 e. The standard InChI is InChI=1S/C13H18N4OS/c14-11(8-17-5-2-1-3-6-17)12-15-13(18-16-12)10-4-7-19-9-10/h4,7,9,11H,1-3,5-6,8,14H2. The molecule has 0 aromatic carbocycles. The van der Waals surface area contributed by atoms with Crippen molar-refractivity contribution in [2.45, 2.75) is 25.3 Å². The fraction of sp³-hybridized carbons (Fsp3) is 0.538. The van der Waals surface area contributed by atoms with Gasteiger partial charge in [-0.3, -0.25) is 0 Å². The van der Waals surface area contributed by atoms with E-state index in [-0.39, 0.29) is 6.04 Å². The minimum atomic E-state index is -0.172. The van der Waals surface area contributed by atoms with Gasteiger partial charge in [0.1, 0.15) is 0 Å². The third kappa shape index (κ3) is 3.02. The van der Waals surface area contributed by atoms with Crippen molar-refractivity contribution in [3.63, 3.8) is 0 Å². The predicted molar refractivity (Wildman–Crippen MR) is 74.8 cm³/mol. The number of hydrogen-bond donors (Lipinski definition) is 1. The molecule has 5 nitrogen and oxygen atoms in total. The molecule has 1 fully saturated rings. The first kappa shape index (κ1) is 12.8. The zero-order valence-electron chi connectivity index (χ0n) is 10.8. The quantitative estimate of drug-likeness (QED) is 0.929. The van der Waals surface area contributed by atoms with Crippen LogP contribution < -0.4 is 5.73 Å². The summed E-state index contributed by atoms with van der Waals surface area (Å²) in [6, 6.07) is 1.80. The Labute approximate surface area is 116 Å². The van der Waals surface area contributed by atoms with E-state index in [0.29, 0.717) is 11.7 Å². The van der Waals surface area contributed by atoms with Crippen LogP contribution >= 0.6 is 11.3 Å². The molecule has 0 aliphatic carbocycles. The predicted octanol–water partition coefficient (Wildman–Crippen LogP) is 2.28. The van der Waals surface area contributed by atoms with Crippen LogP contribution in [0.4, 0.5) is 0 Å². The lowest BCUT2D eigenvalue weighted by atomic mass is 10.1. The van der Waals surface area contributed by atoms with E-state index in [2.05, 4.69) is 15.0 Å². The van der Waals surface area contributed by atoms with E-state index in [1.807, 2.05) is 16.8 Å². The Balaban J connectivity index is 1.65. The summed E-state index contributed by atoms with van der Waals surface area (Å²) in [5.41, 5.74) is 7.14. The van der Waals surface area contributed by atoms with Crippen LogP contribution in [0, 0.1) is 0 Å². The molecular formula is C13H18N4OS. The summed E-state index contributed by atoms with van der Waals surface area (Å²) < 4.78 is 5.27. The largest absolute Gasteiger partial charge is 0.334 e. The summed E-state index contributed by atoms with van der Waals surface area (Å²) >= 11 is 1.61. The molecule has 3 rings (SSSR count). The van der Waals surface area contributed by atoms with Crippen molar-refractivity contribution in [1.29, 1.82) is 0 Å². The van der Waals surface area contributed by atoms with Gasteiger partial charge in [-0.1, -0.05) is 11.6 Å². The Kier molecular flexibility index (Phi) is 3.91. The van der Waals surface area contributed by atoms with E-state index in [9.17, 15) is 0 Å². The SMILES string of the molecule is NC(CN1CCCCC1)c1noc(-c2ccsc2)n1. The molecule has 1 aliphatic rings. The summed E-state index contributed by atoms with van der Waals surface area (Å²) in [6.45, 7) is 3.06. The first-order chi connectivity index (χ1) is 9.33. The second-order valence-corrected chi connectivity index (χ2v) is 5.72. The van der Waals surface area contributed by atoms with Crippen LogP contribution in [-0.2, 0) is 0 Å². The van der Waals surface area contributed by atoms with Gasteiger partial charge in [0.25, 0.3) is 5.89 Å². The Morgan fingerprint density at radius 3 is 2.95 bits per heavy atom. The molecule has 1 unspecified atom stereocenters. The number of nitrogens with zero attached hydrogens (tertiary/aromatic N) is 3. The van der Waals surface area contributed by atoms with Crippen LogP contribution in [0.2, 0.25) is 0 Å². The van der Waals surface area contributed by atoms with E-state index in [1.54, 1.807) is 11.3 Å². The van der Waals surface area contributed by atoms with Gasteiger partial charge in [0, 0.05) is 11.9 Å². The van der Waals surface area contributed by atoms with Crippen molar-refractivity contribution in [3.8, 4) is 11.5 Å². The third-order valence-electron chi connectivity index (χ3n) is 3.45. The molecule has 0 radical (unpaired) electrons. The average molecular weight is 278 g/mol. The number of thiophene rings is 1. The normalized spacial score (nSPS) is 18.6. The Hall–Kier alpha value is -1.24. The Morgan fingerprint density at radius 1 is 1.37 bits per heavy atom. The van der Waals surface area contributed by atoms with Gasteiger partial charge >= 0.3 is 0 Å². The highest BCUT2D eigenvalue weighted by atomic mass is 32.1. The van der Waals surface area contributed by atoms with Crippen molar-refractivity contribution in [2.24, 2.45) is 5.73 Å². The lowest BCUT2D eigenvalue weighted by molar-refractivity contribution is 0.213. The number of rotatable bonds is 4. The third-order valence-corrected chi connectivity index (χ3v) is 4.13. The van der Waals surface area contributed by atoms with Crippen molar-refractivity contribution in [1.82, 2.24) is 15.0 Å². The van der Waals surface area contributed by atoms with E-state index < -0.39 is 0 Å². The maximum Gasteiger partial charge on any atom is 0.258 e. The summed E-state index contributed by atoms with van der Waals surface area (Å²) in [5, 5.41) is 7.99. The molecule has 6 heteroatoms. The summed E-state index contributed by atoms with van der Waals surface area (Å²) in [7, 11) is 0. The highest BCUT2D eigenvalue weighted by molar-refractivity contribution is 7.08. The molecule has 2 N–H and O–H groups in total. The molecular weight excluding hydrogens is 260 g/mol. The minimum absolute atomic E-state index is 0.172. The Morgan fingerprint density at radius 2 is 2.21 bits per heavy atom. The van der Waals surface area contributed by atoms with Gasteiger partial charge in [0.2, 0.25) is 0 Å². The van der Waals surface area contributed by atoms with Crippen molar-refractivity contribution < 1.29 is 4.52 Å². The number of likely N-dealkylation sites (tertiary alicyclic amines) is 1. The van der Waals surface area contributed by atoms with Gasteiger partial charge in [-0.15, -0.1) is 0 Å². The van der Waals surface area contributed by atoms with Gasteiger partial charge in [-0.05, 0) is 37.4 Å². The molecule has 0 bridgehead atoms. The zero-order valence-corrected chi connectivity index (χ0v) is 11.6. The van der Waals surface area contributed by atoms with Gasteiger partial charge in [0.15, 0.2) is 5.82 Å². The average Bonchev–Trinajstić information content (AvgIpc) is 3.11. The monoisotopic (exact) mass is 278 g/mol. The van der Waals surface area contributed by atoms with E-state index in [4.69, 9.17) is 10.3 Å². The van der Waals surface area contributed by atoms with E-state index in [1.165, 1.54) is 19.3 Å². The van der Waals surface area contributed by atoms with Crippen molar-refractivity contribution in [3.05, 3.63) is 22.7 Å². The molecule has 2 aromatic rings. The van der Waals surface area contributed by atoms with Crippen LogP contribution in [0.3, 0.4) is 0 Å². The molecule has 102 valence electrons. The number of hydrogen-bond acceptors (Lipinski definition) is 6. The van der Waals surface area contributed by atoms with Gasteiger partial charge in [-0.2, -0.15) is 16.3 Å². The summed E-state index contributed by atoms with van der Waals surface area (Å²) in [6.07, 6.45) is 3.86. The molecule has 1 atom stereocenters. The van der Waals surface area contributed by atoms with Crippen LogP contribution in [-0.4, -0.2) is 34.7 Å². The molecule has 1 aliphatic heterocycles. The maximum absolute atomic E-state index is 6.17. The lowest BCUT2D eigenvalue weighted by Crippen LogP contribution is -2.36. The zero-order chi connectivity index (χ0) is 13.1. The fourth-order valence-corrected chi connectivity index (χ4v) is 3.02. The maximum atomic E-state index is 6.17. The molecule has 3 heterocycles. The second kappa shape index (κ2) is 5.81. The molecule has 2 aromatic heterocycles. The van der Waals surface area contributed by atoms with Crippen LogP contribution in [0.1, 0.15) is 31.1 Å². The molecule has 0 amide bonds. The van der Waals surface area contributed by atoms with Crippen molar-refractivity contribution >= 4 is 11.3 Å². The lowest BCUT2D eigenvalue weighted by Gasteiger charge is -2.27. The molecule has 0 spiro atoms. The molecule has 19 heavy (non-hydrogen) atoms. The number of piperidine rings is 1. The summed E-state index contributed by atoms with van der Waals surface area (Å²) in [4.78, 5) is 6.78. The first-order valence-electron chi connectivity index (χ1n) is 6.67. The first-order valence-corrected chi connectivity index (χ1v) is 7.61. The van der Waals surface area contributed by atoms with Gasteiger partial charge < -0.3 is 15.2 Å². The van der Waals surface area contributed by atoms with Crippen LogP contribution in [0.5, 0.6) is 0 Å². The van der Waals surface area contributed by atoms with E-state index >= 15 is 0 Å².